The van der Waals surface area contributed by atoms with Crippen molar-refractivity contribution in [3.05, 3.63) is 22.7 Å². The van der Waals surface area contributed by atoms with Crippen LogP contribution in [0.25, 0.3) is 11.3 Å². The Morgan fingerprint density at radius 3 is 2.59 bits per heavy atom. The van der Waals surface area contributed by atoms with Crippen molar-refractivity contribution in [2.24, 2.45) is 0 Å². The molecule has 0 atom stereocenters. The second-order valence-corrected chi connectivity index (χ2v) is 5.04. The Morgan fingerprint density at radius 1 is 1.35 bits per heavy atom. The van der Waals surface area contributed by atoms with E-state index in [1.165, 1.54) is 11.3 Å². The standard InChI is InChI=1S/C11H12ClN3OS/c1-5-3-8(16-2)6(4-7(5)12)9-10(13)17-11(14)15-9/h3-4H,13H2,1-2H3,(H2,14,15). The fourth-order valence-electron chi connectivity index (χ4n) is 1.55. The van der Waals surface area contributed by atoms with Crippen LogP contribution < -0.4 is 16.2 Å². The Labute approximate surface area is 108 Å². The summed E-state index contributed by atoms with van der Waals surface area (Å²) in [5, 5.41) is 1.63. The van der Waals surface area contributed by atoms with E-state index in [4.69, 9.17) is 27.8 Å². The van der Waals surface area contributed by atoms with Crippen molar-refractivity contribution in [1.29, 1.82) is 0 Å². The molecule has 0 fully saturated rings. The average molecular weight is 270 g/mol. The van der Waals surface area contributed by atoms with Crippen LogP contribution in [0, 0.1) is 6.92 Å². The number of hydrogen-bond acceptors (Lipinski definition) is 5. The molecule has 4 N–H and O–H groups in total. The minimum atomic E-state index is 0.427. The summed E-state index contributed by atoms with van der Waals surface area (Å²) in [6, 6.07) is 3.65. The summed E-state index contributed by atoms with van der Waals surface area (Å²) in [7, 11) is 1.60. The van der Waals surface area contributed by atoms with Gasteiger partial charge in [0.05, 0.1) is 7.11 Å². The molecular weight excluding hydrogens is 258 g/mol. The predicted molar refractivity (Wildman–Crippen MR) is 72.7 cm³/mol. The first-order chi connectivity index (χ1) is 8.02. The lowest BCUT2D eigenvalue weighted by Gasteiger charge is -2.09. The van der Waals surface area contributed by atoms with Gasteiger partial charge in [0.15, 0.2) is 5.13 Å². The Balaban J connectivity index is 2.66. The molecule has 4 nitrogen and oxygen atoms in total. The fraction of sp³-hybridized carbons (Fsp3) is 0.182. The molecule has 1 aromatic carbocycles. The van der Waals surface area contributed by atoms with Gasteiger partial charge in [0.2, 0.25) is 0 Å². The lowest BCUT2D eigenvalue weighted by atomic mass is 10.1. The second-order valence-electron chi connectivity index (χ2n) is 3.57. The van der Waals surface area contributed by atoms with Crippen LogP contribution in [0.3, 0.4) is 0 Å². The Kier molecular flexibility index (Phi) is 3.13. The molecule has 0 aliphatic rings. The smallest absolute Gasteiger partial charge is 0.182 e. The Hall–Kier alpha value is -1.46. The number of anilines is 2. The molecular formula is C11H12ClN3OS. The zero-order chi connectivity index (χ0) is 12.6. The van der Waals surface area contributed by atoms with E-state index >= 15 is 0 Å². The normalized spacial score (nSPS) is 10.5. The molecule has 0 saturated carbocycles. The summed E-state index contributed by atoms with van der Waals surface area (Å²) >= 11 is 7.34. The summed E-state index contributed by atoms with van der Waals surface area (Å²) in [6.07, 6.45) is 0. The third-order valence-electron chi connectivity index (χ3n) is 2.41. The van der Waals surface area contributed by atoms with Crippen molar-refractivity contribution >= 4 is 33.1 Å². The minimum Gasteiger partial charge on any atom is -0.496 e. The molecule has 0 aliphatic carbocycles. The first-order valence-corrected chi connectivity index (χ1v) is 6.08. The number of aryl methyl sites for hydroxylation is 1. The molecule has 0 unspecified atom stereocenters. The monoisotopic (exact) mass is 269 g/mol. The summed E-state index contributed by atoms with van der Waals surface area (Å²) in [4.78, 5) is 4.19. The van der Waals surface area contributed by atoms with Gasteiger partial charge < -0.3 is 16.2 Å². The summed E-state index contributed by atoms with van der Waals surface area (Å²) in [6.45, 7) is 1.91. The quantitative estimate of drug-likeness (QED) is 0.879. The number of nitrogens with two attached hydrogens (primary N) is 2. The van der Waals surface area contributed by atoms with Gasteiger partial charge >= 0.3 is 0 Å². The molecule has 1 aromatic heterocycles. The third kappa shape index (κ3) is 2.16. The van der Waals surface area contributed by atoms with E-state index in [9.17, 15) is 0 Å². The first kappa shape index (κ1) is 12.0. The van der Waals surface area contributed by atoms with Gasteiger partial charge in [-0.15, -0.1) is 0 Å². The van der Waals surface area contributed by atoms with Gasteiger partial charge in [-0.25, -0.2) is 4.98 Å². The number of halogens is 1. The fourth-order valence-corrected chi connectivity index (χ4v) is 2.33. The van der Waals surface area contributed by atoms with E-state index in [0.717, 1.165) is 11.1 Å². The SMILES string of the molecule is COc1cc(C)c(Cl)cc1-c1nc(N)sc1N. The van der Waals surface area contributed by atoms with Gasteiger partial charge in [0.25, 0.3) is 0 Å². The van der Waals surface area contributed by atoms with E-state index in [1.807, 2.05) is 13.0 Å². The maximum atomic E-state index is 6.10. The predicted octanol–water partition coefficient (Wildman–Crippen LogP) is 2.94. The Morgan fingerprint density at radius 2 is 2.06 bits per heavy atom. The van der Waals surface area contributed by atoms with Crippen molar-refractivity contribution < 1.29 is 4.74 Å². The minimum absolute atomic E-state index is 0.427. The van der Waals surface area contributed by atoms with Gasteiger partial charge in [0.1, 0.15) is 16.4 Å². The maximum Gasteiger partial charge on any atom is 0.182 e. The molecule has 0 aliphatic heterocycles. The molecule has 2 rings (SSSR count). The molecule has 0 saturated heterocycles. The van der Waals surface area contributed by atoms with Gasteiger partial charge in [-0.3, -0.25) is 0 Å². The highest BCUT2D eigenvalue weighted by molar-refractivity contribution is 7.19. The number of nitrogens with zero attached hydrogens (tertiary/aromatic N) is 1. The number of rotatable bonds is 2. The largest absolute Gasteiger partial charge is 0.496 e. The van der Waals surface area contributed by atoms with E-state index in [1.54, 1.807) is 13.2 Å². The first-order valence-electron chi connectivity index (χ1n) is 4.89. The zero-order valence-electron chi connectivity index (χ0n) is 9.45. The van der Waals surface area contributed by atoms with Crippen LogP contribution in [0.15, 0.2) is 12.1 Å². The molecule has 0 spiro atoms. The summed E-state index contributed by atoms with van der Waals surface area (Å²) in [5.41, 5.74) is 13.8. The zero-order valence-corrected chi connectivity index (χ0v) is 11.0. The number of aromatic nitrogens is 1. The highest BCUT2D eigenvalue weighted by Crippen LogP contribution is 2.39. The molecule has 0 radical (unpaired) electrons. The van der Waals surface area contributed by atoms with Crippen LogP contribution in [-0.4, -0.2) is 12.1 Å². The number of thiazole rings is 1. The molecule has 90 valence electrons. The number of methoxy groups -OCH3 is 1. The van der Waals surface area contributed by atoms with Gasteiger partial charge in [-0.05, 0) is 24.6 Å². The van der Waals surface area contributed by atoms with Crippen LogP contribution in [0.4, 0.5) is 10.1 Å². The van der Waals surface area contributed by atoms with Gasteiger partial charge in [0, 0.05) is 10.6 Å². The highest BCUT2D eigenvalue weighted by Gasteiger charge is 2.15. The molecule has 17 heavy (non-hydrogen) atoms. The summed E-state index contributed by atoms with van der Waals surface area (Å²) in [5.74, 6) is 0.684. The third-order valence-corrected chi connectivity index (χ3v) is 3.53. The van der Waals surface area contributed by atoms with E-state index in [2.05, 4.69) is 4.98 Å². The maximum absolute atomic E-state index is 6.10. The number of benzene rings is 1. The lowest BCUT2D eigenvalue weighted by Crippen LogP contribution is -1.93. The molecule has 1 heterocycles. The molecule has 0 amide bonds. The lowest BCUT2D eigenvalue weighted by molar-refractivity contribution is 0.416. The van der Waals surface area contributed by atoms with E-state index < -0.39 is 0 Å². The van der Waals surface area contributed by atoms with Crippen LogP contribution in [-0.2, 0) is 0 Å². The number of hydrogen-bond donors (Lipinski definition) is 2. The average Bonchev–Trinajstić information content (AvgIpc) is 2.61. The number of nitrogen functional groups attached to an aromatic ring is 2. The van der Waals surface area contributed by atoms with Crippen molar-refractivity contribution in [2.75, 3.05) is 18.6 Å². The van der Waals surface area contributed by atoms with Crippen molar-refractivity contribution in [2.45, 2.75) is 6.92 Å². The van der Waals surface area contributed by atoms with Crippen LogP contribution in [0.2, 0.25) is 5.02 Å². The van der Waals surface area contributed by atoms with Crippen molar-refractivity contribution in [3.63, 3.8) is 0 Å². The second kappa shape index (κ2) is 4.43. The van der Waals surface area contributed by atoms with Crippen LogP contribution >= 0.6 is 22.9 Å². The Bertz CT molecular complexity index is 568. The van der Waals surface area contributed by atoms with E-state index in [0.29, 0.717) is 26.6 Å². The van der Waals surface area contributed by atoms with Crippen LogP contribution in [0.5, 0.6) is 5.75 Å². The van der Waals surface area contributed by atoms with E-state index in [-0.39, 0.29) is 0 Å². The number of ether oxygens (including phenoxy) is 1. The topological polar surface area (TPSA) is 74.2 Å². The van der Waals surface area contributed by atoms with Crippen LogP contribution in [0.1, 0.15) is 5.56 Å². The van der Waals surface area contributed by atoms with Crippen molar-refractivity contribution in [1.82, 2.24) is 4.98 Å². The van der Waals surface area contributed by atoms with Crippen molar-refractivity contribution in [3.8, 4) is 17.0 Å². The van der Waals surface area contributed by atoms with Gasteiger partial charge in [-0.2, -0.15) is 0 Å². The molecule has 2 aromatic rings. The molecule has 0 bridgehead atoms. The molecule has 6 heteroatoms. The van der Waals surface area contributed by atoms with Gasteiger partial charge in [-0.1, -0.05) is 22.9 Å². The summed E-state index contributed by atoms with van der Waals surface area (Å²) < 4.78 is 5.31. The highest BCUT2D eigenvalue weighted by atomic mass is 35.5.